The number of hydrogen-bond donors (Lipinski definition) is 0. The van der Waals surface area contributed by atoms with Gasteiger partial charge in [0.15, 0.2) is 0 Å². The fourth-order valence-corrected chi connectivity index (χ4v) is 3.85. The van der Waals surface area contributed by atoms with Crippen LogP contribution in [0.1, 0.15) is 119 Å². The molecule has 0 aromatic rings. The Morgan fingerprint density at radius 3 is 1.52 bits per heavy atom. The molecule has 0 aliphatic carbocycles. The van der Waals surface area contributed by atoms with Gasteiger partial charge >= 0.3 is 0 Å². The van der Waals surface area contributed by atoms with Gasteiger partial charge in [-0.2, -0.15) is 0 Å². The molecule has 176 valence electrons. The third-order valence-electron chi connectivity index (χ3n) is 6.29. The van der Waals surface area contributed by atoms with Gasteiger partial charge in [0, 0.05) is 0 Å². The van der Waals surface area contributed by atoms with Gasteiger partial charge < -0.3 is 4.74 Å². The Kier molecular flexibility index (Phi) is 13.8. The second-order valence-electron chi connectivity index (χ2n) is 10.0. The van der Waals surface area contributed by atoms with Gasteiger partial charge in [-0.1, -0.05) is 65.7 Å². The molecule has 1 fully saturated rings. The molecule has 0 aromatic carbocycles. The predicted molar refractivity (Wildman–Crippen MR) is 140 cm³/mol. The van der Waals surface area contributed by atoms with Crippen LogP contribution in [-0.4, -0.2) is 11.7 Å². The average Bonchev–Trinajstić information content (AvgIpc) is 3.33. The maximum absolute atomic E-state index is 5.68. The number of epoxide rings is 1. The SMILES string of the molecule is CC/C=C/CC/C(C)=C/CC/C(C)=C/CC/C=C(\C)CC/C=C(\C)CCC1OC1(C)C. The Morgan fingerprint density at radius 2 is 1.06 bits per heavy atom. The lowest BCUT2D eigenvalue weighted by Gasteiger charge is -2.03. The topological polar surface area (TPSA) is 12.5 Å². The molecule has 1 heteroatoms. The third kappa shape index (κ3) is 14.4. The molecule has 0 aromatic heterocycles. The van der Waals surface area contributed by atoms with Crippen LogP contribution in [0.5, 0.6) is 0 Å². The van der Waals surface area contributed by atoms with Crippen LogP contribution in [0, 0.1) is 0 Å². The van der Waals surface area contributed by atoms with Gasteiger partial charge in [0.2, 0.25) is 0 Å². The number of unbranched alkanes of at least 4 members (excludes halogenated alkanes) is 1. The van der Waals surface area contributed by atoms with Crippen LogP contribution >= 0.6 is 0 Å². The normalized spacial score (nSPS) is 20.0. The lowest BCUT2D eigenvalue weighted by molar-refractivity contribution is 0.320. The molecule has 1 heterocycles. The van der Waals surface area contributed by atoms with E-state index < -0.39 is 0 Å². The van der Waals surface area contributed by atoms with E-state index in [4.69, 9.17) is 4.74 Å². The fraction of sp³-hybridized carbons (Fsp3) is 0.667. The van der Waals surface area contributed by atoms with Crippen LogP contribution < -0.4 is 0 Å². The van der Waals surface area contributed by atoms with Crippen molar-refractivity contribution in [2.75, 3.05) is 0 Å². The molecule has 1 aliphatic rings. The second-order valence-corrected chi connectivity index (χ2v) is 10.0. The summed E-state index contributed by atoms with van der Waals surface area (Å²) in [6.45, 7) is 15.7. The quantitative estimate of drug-likeness (QED) is 0.136. The van der Waals surface area contributed by atoms with Crippen LogP contribution in [0.2, 0.25) is 0 Å². The summed E-state index contributed by atoms with van der Waals surface area (Å²) in [6.07, 6.45) is 27.7. The number of rotatable bonds is 16. The molecular weight excluding hydrogens is 376 g/mol. The van der Waals surface area contributed by atoms with Gasteiger partial charge in [-0.3, -0.25) is 0 Å². The highest BCUT2D eigenvalue weighted by Gasteiger charge is 2.46. The highest BCUT2D eigenvalue weighted by atomic mass is 16.6. The Labute approximate surface area is 194 Å². The summed E-state index contributed by atoms with van der Waals surface area (Å²) in [4.78, 5) is 0. The fourth-order valence-electron chi connectivity index (χ4n) is 3.85. The van der Waals surface area contributed by atoms with E-state index >= 15 is 0 Å². The largest absolute Gasteiger partial charge is 0.367 e. The smallest absolute Gasteiger partial charge is 0.0892 e. The molecule has 1 aliphatic heterocycles. The van der Waals surface area contributed by atoms with Gasteiger partial charge in [0.05, 0.1) is 11.7 Å². The Bertz CT molecular complexity index is 654. The van der Waals surface area contributed by atoms with Crippen molar-refractivity contribution in [3.63, 3.8) is 0 Å². The van der Waals surface area contributed by atoms with Crippen molar-refractivity contribution in [3.8, 4) is 0 Å². The van der Waals surface area contributed by atoms with Crippen molar-refractivity contribution in [3.05, 3.63) is 58.7 Å². The zero-order chi connectivity index (χ0) is 23.1. The lowest BCUT2D eigenvalue weighted by atomic mass is 10.0. The standard InChI is InChI=1S/C30H50O/c1-8-9-10-11-16-25(2)19-14-20-26(3)17-12-13-18-27(4)21-15-22-28(5)23-24-29-30(6,7)31-29/h9-10,17-19,22,29H,8,11-16,20-21,23-24H2,1-7H3/b10-9+,25-19+,26-17+,27-18+,28-22+. The molecule has 31 heavy (non-hydrogen) atoms. The first-order valence-electron chi connectivity index (χ1n) is 12.7. The maximum atomic E-state index is 5.68. The van der Waals surface area contributed by atoms with Crippen LogP contribution in [0.3, 0.4) is 0 Å². The van der Waals surface area contributed by atoms with E-state index in [1.54, 1.807) is 0 Å². The van der Waals surface area contributed by atoms with E-state index in [1.807, 2.05) is 0 Å². The summed E-state index contributed by atoms with van der Waals surface area (Å²) in [5, 5.41) is 0. The number of ether oxygens (including phenoxy) is 1. The Hall–Kier alpha value is -1.34. The molecule has 0 N–H and O–H groups in total. The summed E-state index contributed by atoms with van der Waals surface area (Å²) in [5.74, 6) is 0. The van der Waals surface area contributed by atoms with E-state index in [-0.39, 0.29) is 5.60 Å². The predicted octanol–water partition coefficient (Wildman–Crippen LogP) is 9.82. The Balaban J connectivity index is 2.14. The molecule has 0 amide bonds. The monoisotopic (exact) mass is 426 g/mol. The molecule has 1 unspecified atom stereocenters. The average molecular weight is 427 g/mol. The van der Waals surface area contributed by atoms with E-state index in [9.17, 15) is 0 Å². The minimum Gasteiger partial charge on any atom is -0.367 e. The summed E-state index contributed by atoms with van der Waals surface area (Å²) in [7, 11) is 0. The van der Waals surface area contributed by atoms with E-state index in [1.165, 1.54) is 80.1 Å². The first-order chi connectivity index (χ1) is 14.7. The highest BCUT2D eigenvalue weighted by Crippen LogP contribution is 2.38. The van der Waals surface area contributed by atoms with Crippen molar-refractivity contribution in [1.82, 2.24) is 0 Å². The van der Waals surface area contributed by atoms with Crippen LogP contribution in [0.15, 0.2) is 58.7 Å². The summed E-state index contributed by atoms with van der Waals surface area (Å²) in [5.41, 5.74) is 6.23. The van der Waals surface area contributed by atoms with Crippen molar-refractivity contribution < 1.29 is 4.74 Å². The molecule has 1 nitrogen and oxygen atoms in total. The van der Waals surface area contributed by atoms with E-state index in [2.05, 4.69) is 84.9 Å². The van der Waals surface area contributed by atoms with Gasteiger partial charge in [-0.05, 0) is 112 Å². The molecule has 1 atom stereocenters. The highest BCUT2D eigenvalue weighted by molar-refractivity contribution is 5.07. The van der Waals surface area contributed by atoms with Crippen LogP contribution in [0.4, 0.5) is 0 Å². The summed E-state index contributed by atoms with van der Waals surface area (Å²) < 4.78 is 5.68. The first kappa shape index (κ1) is 27.7. The van der Waals surface area contributed by atoms with Crippen LogP contribution in [0.25, 0.3) is 0 Å². The maximum Gasteiger partial charge on any atom is 0.0892 e. The van der Waals surface area contributed by atoms with Crippen molar-refractivity contribution in [2.24, 2.45) is 0 Å². The van der Waals surface area contributed by atoms with Gasteiger partial charge in [-0.25, -0.2) is 0 Å². The third-order valence-corrected chi connectivity index (χ3v) is 6.29. The lowest BCUT2D eigenvalue weighted by Crippen LogP contribution is -2.02. The molecule has 0 radical (unpaired) electrons. The number of hydrogen-bond acceptors (Lipinski definition) is 1. The first-order valence-corrected chi connectivity index (χ1v) is 12.7. The van der Waals surface area contributed by atoms with Crippen molar-refractivity contribution in [1.29, 1.82) is 0 Å². The molecule has 0 saturated carbocycles. The van der Waals surface area contributed by atoms with Gasteiger partial charge in [0.1, 0.15) is 0 Å². The minimum atomic E-state index is 0.133. The molecule has 0 bridgehead atoms. The van der Waals surface area contributed by atoms with Gasteiger partial charge in [0.25, 0.3) is 0 Å². The molecule has 1 rings (SSSR count). The second kappa shape index (κ2) is 15.5. The van der Waals surface area contributed by atoms with Crippen molar-refractivity contribution in [2.45, 2.75) is 131 Å². The molecule has 1 saturated heterocycles. The van der Waals surface area contributed by atoms with Gasteiger partial charge in [-0.15, -0.1) is 0 Å². The van der Waals surface area contributed by atoms with E-state index in [0.29, 0.717) is 6.10 Å². The molecule has 0 spiro atoms. The van der Waals surface area contributed by atoms with Crippen LogP contribution in [-0.2, 0) is 4.74 Å². The van der Waals surface area contributed by atoms with E-state index in [0.717, 1.165) is 12.8 Å². The molecular formula is C30H50O. The Morgan fingerprint density at radius 1 is 0.645 bits per heavy atom. The zero-order valence-electron chi connectivity index (χ0n) is 21.7. The van der Waals surface area contributed by atoms with Crippen molar-refractivity contribution >= 4 is 0 Å². The number of allylic oxidation sites excluding steroid dienone is 10. The summed E-state index contributed by atoms with van der Waals surface area (Å²) >= 11 is 0. The summed E-state index contributed by atoms with van der Waals surface area (Å²) in [6, 6.07) is 0. The minimum absolute atomic E-state index is 0.133. The zero-order valence-corrected chi connectivity index (χ0v) is 21.7.